The fourth-order valence-electron chi connectivity index (χ4n) is 2.87. The number of carbonyl (C=O) groups excluding carboxylic acids is 3. The van der Waals surface area contributed by atoms with Gasteiger partial charge in [-0.05, 0) is 51.9 Å². The third-order valence-electron chi connectivity index (χ3n) is 4.42. The number of piperidine rings is 1. The Bertz CT molecular complexity index is 579. The molecule has 0 spiro atoms. The topological polar surface area (TPSA) is 104 Å². The molecule has 0 saturated carbocycles. The molecule has 0 aromatic carbocycles. The normalized spacial score (nSPS) is 16.9. The molecule has 8 heteroatoms. The number of rotatable bonds is 6. The van der Waals surface area contributed by atoms with Gasteiger partial charge in [0.25, 0.3) is 0 Å². The van der Waals surface area contributed by atoms with Crippen molar-refractivity contribution in [1.82, 2.24) is 20.9 Å². The molecule has 1 aromatic heterocycles. The van der Waals surface area contributed by atoms with E-state index in [1.807, 2.05) is 11.0 Å². The van der Waals surface area contributed by atoms with Crippen molar-refractivity contribution in [3.8, 4) is 0 Å². The number of hydrogen-bond acceptors (Lipinski definition) is 5. The number of nitrogens with zero attached hydrogens (tertiary/aromatic N) is 1. The molecule has 25 heavy (non-hydrogen) atoms. The summed E-state index contributed by atoms with van der Waals surface area (Å²) in [5.74, 6) is 0.341. The van der Waals surface area contributed by atoms with Crippen LogP contribution in [-0.4, -0.2) is 48.4 Å². The lowest BCUT2D eigenvalue weighted by Gasteiger charge is -2.34. The molecule has 1 fully saturated rings. The largest absolute Gasteiger partial charge is 0.467 e. The van der Waals surface area contributed by atoms with Gasteiger partial charge >= 0.3 is 6.03 Å². The second-order valence-corrected chi connectivity index (χ2v) is 6.13. The van der Waals surface area contributed by atoms with E-state index in [1.54, 1.807) is 26.2 Å². The highest BCUT2D eigenvalue weighted by molar-refractivity contribution is 5.96. The molecular formula is C17H26N4O4. The maximum atomic E-state index is 12.2. The van der Waals surface area contributed by atoms with Crippen LogP contribution in [0.5, 0.6) is 0 Å². The molecule has 2 heterocycles. The summed E-state index contributed by atoms with van der Waals surface area (Å²) < 4.78 is 5.20. The van der Waals surface area contributed by atoms with E-state index in [-0.39, 0.29) is 17.7 Å². The zero-order valence-corrected chi connectivity index (χ0v) is 14.7. The third kappa shape index (κ3) is 5.60. The summed E-state index contributed by atoms with van der Waals surface area (Å²) >= 11 is 0. The van der Waals surface area contributed by atoms with Crippen molar-refractivity contribution in [1.29, 1.82) is 0 Å². The lowest BCUT2D eigenvalue weighted by Crippen LogP contribution is -2.52. The molecule has 138 valence electrons. The minimum absolute atomic E-state index is 0.00970. The Kier molecular flexibility index (Phi) is 7.00. The molecular weight excluding hydrogens is 324 g/mol. The summed E-state index contributed by atoms with van der Waals surface area (Å²) in [5, 5.41) is 7.74. The van der Waals surface area contributed by atoms with Gasteiger partial charge in [-0.1, -0.05) is 0 Å². The van der Waals surface area contributed by atoms with E-state index >= 15 is 0 Å². The Labute approximate surface area is 147 Å². The number of likely N-dealkylation sites (tertiary alicyclic amines) is 1. The van der Waals surface area contributed by atoms with Gasteiger partial charge < -0.3 is 15.1 Å². The Balaban J connectivity index is 1.73. The van der Waals surface area contributed by atoms with Crippen LogP contribution in [0.15, 0.2) is 22.8 Å². The first-order chi connectivity index (χ1) is 12.0. The van der Waals surface area contributed by atoms with Gasteiger partial charge in [-0.15, -0.1) is 0 Å². The van der Waals surface area contributed by atoms with Crippen LogP contribution in [0.25, 0.3) is 0 Å². The molecule has 4 amide bonds. The molecule has 1 saturated heterocycles. The molecule has 0 radical (unpaired) electrons. The van der Waals surface area contributed by atoms with Crippen molar-refractivity contribution in [2.45, 2.75) is 39.3 Å². The highest BCUT2D eigenvalue weighted by Crippen LogP contribution is 2.19. The van der Waals surface area contributed by atoms with Gasteiger partial charge in [0.1, 0.15) is 5.76 Å². The van der Waals surface area contributed by atoms with Crippen molar-refractivity contribution in [2.75, 3.05) is 19.6 Å². The second kappa shape index (κ2) is 9.22. The lowest BCUT2D eigenvalue weighted by atomic mass is 9.95. The summed E-state index contributed by atoms with van der Waals surface area (Å²) in [6.07, 6.45) is 2.94. The standard InChI is InChI=1S/C17H26N4O4/c1-3-18-17(24)20-15(22)12(2)21-8-6-13(7-9-21)16(23)19-11-14-5-4-10-25-14/h4-5,10,12-13H,3,6-9,11H2,1-2H3,(H,19,23)(H2,18,20,22,24). The molecule has 1 atom stereocenters. The highest BCUT2D eigenvalue weighted by Gasteiger charge is 2.30. The number of nitrogens with one attached hydrogen (secondary N) is 3. The predicted octanol–water partition coefficient (Wildman–Crippen LogP) is 0.842. The minimum Gasteiger partial charge on any atom is -0.467 e. The first-order valence-corrected chi connectivity index (χ1v) is 8.64. The number of imide groups is 1. The molecule has 1 unspecified atom stereocenters. The minimum atomic E-state index is -0.480. The van der Waals surface area contributed by atoms with E-state index < -0.39 is 12.1 Å². The molecule has 0 aliphatic carbocycles. The molecule has 1 aromatic rings. The fourth-order valence-corrected chi connectivity index (χ4v) is 2.87. The summed E-state index contributed by atoms with van der Waals surface area (Å²) in [7, 11) is 0. The van der Waals surface area contributed by atoms with Crippen LogP contribution < -0.4 is 16.0 Å². The summed E-state index contributed by atoms with van der Waals surface area (Å²) in [6.45, 7) is 5.69. The van der Waals surface area contributed by atoms with Crippen molar-refractivity contribution in [3.63, 3.8) is 0 Å². The molecule has 0 bridgehead atoms. The molecule has 1 aliphatic rings. The van der Waals surface area contributed by atoms with Crippen LogP contribution in [0.3, 0.4) is 0 Å². The summed E-state index contributed by atoms with van der Waals surface area (Å²) in [5.41, 5.74) is 0. The van der Waals surface area contributed by atoms with Crippen LogP contribution in [0, 0.1) is 5.92 Å². The molecule has 3 N–H and O–H groups in total. The van der Waals surface area contributed by atoms with Gasteiger partial charge in [0.05, 0.1) is 18.8 Å². The summed E-state index contributed by atoms with van der Waals surface area (Å²) in [6, 6.07) is 2.71. The zero-order chi connectivity index (χ0) is 18.2. The van der Waals surface area contributed by atoms with Crippen molar-refractivity contribution < 1.29 is 18.8 Å². The van der Waals surface area contributed by atoms with Crippen LogP contribution in [0.2, 0.25) is 0 Å². The van der Waals surface area contributed by atoms with Crippen molar-refractivity contribution >= 4 is 17.8 Å². The first-order valence-electron chi connectivity index (χ1n) is 8.64. The van der Waals surface area contributed by atoms with E-state index in [2.05, 4.69) is 16.0 Å². The van der Waals surface area contributed by atoms with Gasteiger partial charge in [-0.2, -0.15) is 0 Å². The smallest absolute Gasteiger partial charge is 0.321 e. The van der Waals surface area contributed by atoms with Gasteiger partial charge in [0.15, 0.2) is 0 Å². The quantitative estimate of drug-likeness (QED) is 0.705. The Morgan fingerprint density at radius 3 is 2.60 bits per heavy atom. The first kappa shape index (κ1) is 19.0. The molecule has 8 nitrogen and oxygen atoms in total. The van der Waals surface area contributed by atoms with E-state index in [1.165, 1.54) is 0 Å². The average Bonchev–Trinajstić information content (AvgIpc) is 3.13. The van der Waals surface area contributed by atoms with Crippen LogP contribution >= 0.6 is 0 Å². The SMILES string of the molecule is CCNC(=O)NC(=O)C(C)N1CCC(C(=O)NCc2ccco2)CC1. The monoisotopic (exact) mass is 350 g/mol. The van der Waals surface area contributed by atoms with Gasteiger partial charge in [0.2, 0.25) is 11.8 Å². The number of amides is 4. The highest BCUT2D eigenvalue weighted by atomic mass is 16.3. The van der Waals surface area contributed by atoms with Gasteiger partial charge in [-0.25, -0.2) is 4.79 Å². The number of carbonyl (C=O) groups is 3. The van der Waals surface area contributed by atoms with Crippen LogP contribution in [-0.2, 0) is 16.1 Å². The van der Waals surface area contributed by atoms with E-state index in [4.69, 9.17) is 4.42 Å². The third-order valence-corrected chi connectivity index (χ3v) is 4.42. The zero-order valence-electron chi connectivity index (χ0n) is 14.7. The van der Waals surface area contributed by atoms with Crippen molar-refractivity contribution in [2.24, 2.45) is 5.92 Å². The average molecular weight is 350 g/mol. The Morgan fingerprint density at radius 1 is 1.28 bits per heavy atom. The second-order valence-electron chi connectivity index (χ2n) is 6.13. The lowest BCUT2D eigenvalue weighted by molar-refractivity contribution is -0.128. The van der Waals surface area contributed by atoms with E-state index in [0.717, 1.165) is 5.76 Å². The van der Waals surface area contributed by atoms with Gasteiger partial charge in [0, 0.05) is 12.5 Å². The fraction of sp³-hybridized carbons (Fsp3) is 0.588. The predicted molar refractivity (Wildman–Crippen MR) is 91.5 cm³/mol. The van der Waals surface area contributed by atoms with Gasteiger partial charge in [-0.3, -0.25) is 19.8 Å². The number of furan rings is 1. The molecule has 1 aliphatic heterocycles. The Morgan fingerprint density at radius 2 is 2.00 bits per heavy atom. The van der Waals surface area contributed by atoms with E-state index in [0.29, 0.717) is 39.0 Å². The van der Waals surface area contributed by atoms with E-state index in [9.17, 15) is 14.4 Å². The summed E-state index contributed by atoms with van der Waals surface area (Å²) in [4.78, 5) is 37.7. The Hall–Kier alpha value is -2.35. The van der Waals surface area contributed by atoms with Crippen LogP contribution in [0.4, 0.5) is 4.79 Å². The maximum Gasteiger partial charge on any atom is 0.321 e. The number of hydrogen-bond donors (Lipinski definition) is 3. The maximum absolute atomic E-state index is 12.2. The molecule has 2 rings (SSSR count). The van der Waals surface area contributed by atoms with Crippen molar-refractivity contribution in [3.05, 3.63) is 24.2 Å². The van der Waals surface area contributed by atoms with Crippen LogP contribution in [0.1, 0.15) is 32.4 Å². The number of urea groups is 1.